The van der Waals surface area contributed by atoms with E-state index in [1.165, 1.54) is 0 Å². The van der Waals surface area contributed by atoms with Crippen molar-refractivity contribution in [3.05, 3.63) is 0 Å². The van der Waals surface area contributed by atoms with E-state index in [0.717, 1.165) is 0 Å². The third-order valence-electron chi connectivity index (χ3n) is 1.39. The summed E-state index contributed by atoms with van der Waals surface area (Å²) in [5.74, 6) is -1.00. The van der Waals surface area contributed by atoms with Crippen molar-refractivity contribution in [2.75, 3.05) is 13.2 Å². The van der Waals surface area contributed by atoms with Gasteiger partial charge in [-0.2, -0.15) is 0 Å². The van der Waals surface area contributed by atoms with E-state index in [1.54, 1.807) is 0 Å². The Kier molecular flexibility index (Phi) is 4.95. The molecule has 0 rings (SSSR count). The molecule has 6 heteroatoms. The maximum absolute atomic E-state index is 10.5. The summed E-state index contributed by atoms with van der Waals surface area (Å²) in [5.41, 5.74) is 0. The van der Waals surface area contributed by atoms with Gasteiger partial charge in [0.25, 0.3) is 0 Å². The second-order valence-electron chi connectivity index (χ2n) is 2.31. The maximum atomic E-state index is 10.5. The van der Waals surface area contributed by atoms with Crippen molar-refractivity contribution in [2.24, 2.45) is 0 Å². The van der Waals surface area contributed by atoms with E-state index in [1.807, 2.05) is 0 Å². The summed E-state index contributed by atoms with van der Waals surface area (Å²) in [5, 5.41) is 43.1. The second kappa shape index (κ2) is 5.18. The molecule has 5 N–H and O–H groups in total. The minimum absolute atomic E-state index is 0.767. The Morgan fingerprint density at radius 1 is 1.33 bits per heavy atom. The minimum Gasteiger partial charge on any atom is -0.394 e. The van der Waals surface area contributed by atoms with E-state index in [9.17, 15) is 4.79 Å². The molecule has 12 heavy (non-hydrogen) atoms. The van der Waals surface area contributed by atoms with E-state index in [4.69, 9.17) is 25.5 Å². The van der Waals surface area contributed by atoms with Crippen LogP contribution in [0, 0.1) is 0 Å². The SMILES string of the molecule is O=[14C]([14CH2]O)[14C@@H](O)[14C@H](O)[14C@H](O)CO. The fraction of sp³-hybridized carbons (Fsp3) is 0.833. The zero-order valence-electron chi connectivity index (χ0n) is 6.29. The van der Waals surface area contributed by atoms with Gasteiger partial charge in [-0.05, 0) is 0 Å². The lowest BCUT2D eigenvalue weighted by Gasteiger charge is -2.19. The Morgan fingerprint density at radius 2 is 1.83 bits per heavy atom. The predicted molar refractivity (Wildman–Crippen MR) is 37.2 cm³/mol. The number of carbonyl (C=O) groups is 1. The molecule has 0 spiro atoms. The third-order valence-corrected chi connectivity index (χ3v) is 1.39. The molecule has 0 aliphatic heterocycles. The van der Waals surface area contributed by atoms with E-state index < -0.39 is 37.3 Å². The number of ketones is 1. The van der Waals surface area contributed by atoms with E-state index in [0.29, 0.717) is 0 Å². The van der Waals surface area contributed by atoms with Crippen molar-refractivity contribution in [1.82, 2.24) is 0 Å². The quantitative estimate of drug-likeness (QED) is 0.308. The molecule has 0 aromatic heterocycles. The first-order valence-electron chi connectivity index (χ1n) is 3.33. The van der Waals surface area contributed by atoms with Crippen LogP contribution in [-0.4, -0.2) is 62.8 Å². The fourth-order valence-electron chi connectivity index (χ4n) is 0.602. The van der Waals surface area contributed by atoms with Gasteiger partial charge in [-0.15, -0.1) is 0 Å². The minimum atomic E-state index is -1.86. The largest absolute Gasteiger partial charge is 0.394 e. The number of hydrogen-bond donors (Lipinski definition) is 5. The van der Waals surface area contributed by atoms with Gasteiger partial charge in [0.15, 0.2) is 5.78 Å². The van der Waals surface area contributed by atoms with E-state index in [2.05, 4.69) is 0 Å². The molecule has 0 saturated heterocycles. The summed E-state index contributed by atoms with van der Waals surface area (Å²) >= 11 is 0. The van der Waals surface area contributed by atoms with Crippen LogP contribution in [0.1, 0.15) is 0 Å². The number of carbonyl (C=O) groups excluding carboxylic acids is 1. The van der Waals surface area contributed by atoms with Crippen LogP contribution >= 0.6 is 0 Å². The Hall–Kier alpha value is -0.530. The normalized spacial score (nSPS) is 18.4. The molecule has 0 aliphatic carbocycles. The molecule has 72 valence electrons. The Bertz CT molecular complexity index is 147. The van der Waals surface area contributed by atoms with Gasteiger partial charge in [-0.25, -0.2) is 0 Å². The Morgan fingerprint density at radius 3 is 2.17 bits per heavy atom. The lowest BCUT2D eigenvalue weighted by Crippen LogP contribution is -2.44. The molecule has 3 atom stereocenters. The second-order valence-corrected chi connectivity index (χ2v) is 2.31. The number of aliphatic hydroxyl groups is 5. The van der Waals surface area contributed by atoms with Crippen LogP contribution in [0.4, 0.5) is 0 Å². The number of aliphatic hydroxyl groups excluding tert-OH is 5. The third kappa shape index (κ3) is 2.84. The molecule has 0 aromatic rings. The van der Waals surface area contributed by atoms with Crippen molar-refractivity contribution in [3.8, 4) is 0 Å². The van der Waals surface area contributed by atoms with Gasteiger partial charge in [0.1, 0.15) is 24.9 Å². The van der Waals surface area contributed by atoms with Crippen molar-refractivity contribution >= 4 is 5.78 Å². The standard InChI is InChI=1S/C6H12O6/c7-1-3(9)5(11)6(12)4(10)2-8/h3,5-9,11-12H,1-2H2/t3-,5-,6-/m1/s1/i2+2,3+2,4+2,5+2,6+2. The van der Waals surface area contributed by atoms with E-state index in [-0.39, 0.29) is 0 Å². The summed E-state index contributed by atoms with van der Waals surface area (Å²) in [4.78, 5) is 10.5. The van der Waals surface area contributed by atoms with Crippen molar-refractivity contribution in [2.45, 2.75) is 18.3 Å². The summed E-state index contributed by atoms with van der Waals surface area (Å²) < 4.78 is 0. The van der Waals surface area contributed by atoms with Crippen LogP contribution in [-0.2, 0) is 4.79 Å². The van der Waals surface area contributed by atoms with Gasteiger partial charge in [0.05, 0.1) is 6.61 Å². The average Bonchev–Trinajstić information content (AvgIpc) is 2.12. The zero-order chi connectivity index (χ0) is 9.72. The molecule has 0 radical (unpaired) electrons. The molecule has 0 fully saturated rings. The lowest BCUT2D eigenvalue weighted by atomic mass is 11.3. The smallest absolute Gasteiger partial charge is 0.189 e. The summed E-state index contributed by atoms with van der Waals surface area (Å²) in [6.45, 7) is -1.69. The maximum Gasteiger partial charge on any atom is 0.189 e. The highest BCUT2D eigenvalue weighted by atomic mass is 16.9. The summed E-state index contributed by atoms with van der Waals surface area (Å²) in [6, 6.07) is 0. The van der Waals surface area contributed by atoms with Crippen molar-refractivity contribution in [1.29, 1.82) is 0 Å². The Labute approximate surface area is 68.7 Å². The van der Waals surface area contributed by atoms with Crippen LogP contribution in [0.3, 0.4) is 0 Å². The van der Waals surface area contributed by atoms with Gasteiger partial charge >= 0.3 is 0 Å². The van der Waals surface area contributed by atoms with Crippen LogP contribution in [0.5, 0.6) is 0 Å². The summed E-state index contributed by atoms with van der Waals surface area (Å²) in [7, 11) is 0. The van der Waals surface area contributed by atoms with Gasteiger partial charge < -0.3 is 25.5 Å². The number of hydrogen-bond acceptors (Lipinski definition) is 6. The van der Waals surface area contributed by atoms with Gasteiger partial charge in [0, 0.05) is 0 Å². The van der Waals surface area contributed by atoms with Crippen molar-refractivity contribution in [3.63, 3.8) is 0 Å². The molecule has 6 nitrogen and oxygen atoms in total. The first kappa shape index (κ1) is 11.5. The summed E-state index contributed by atoms with van der Waals surface area (Å²) in [6.07, 6.45) is -5.22. The van der Waals surface area contributed by atoms with Gasteiger partial charge in [-0.3, -0.25) is 4.79 Å². The lowest BCUT2D eigenvalue weighted by molar-refractivity contribution is -0.142. The molecule has 0 saturated carbocycles. The highest BCUT2D eigenvalue weighted by Crippen LogP contribution is 2.00. The zero-order valence-corrected chi connectivity index (χ0v) is 6.29. The van der Waals surface area contributed by atoms with Crippen molar-refractivity contribution < 1.29 is 30.3 Å². The molecule has 0 aliphatic rings. The molecule has 0 heterocycles. The van der Waals surface area contributed by atoms with E-state index >= 15 is 0 Å². The molecule has 0 unspecified atom stereocenters. The average molecular weight is 190 g/mol. The highest BCUT2D eigenvalue weighted by Gasteiger charge is 2.28. The highest BCUT2D eigenvalue weighted by molar-refractivity contribution is 5.84. The predicted octanol–water partition coefficient (Wildman–Crippen LogP) is -3.38. The number of rotatable bonds is 5. The van der Waals surface area contributed by atoms with Gasteiger partial charge in [0.2, 0.25) is 0 Å². The van der Waals surface area contributed by atoms with Crippen LogP contribution < -0.4 is 0 Å². The Balaban J connectivity index is 4.08. The molecule has 0 amide bonds. The molecular weight excluding hydrogens is 178 g/mol. The topological polar surface area (TPSA) is 118 Å². The van der Waals surface area contributed by atoms with Crippen LogP contribution in [0.15, 0.2) is 0 Å². The first-order chi connectivity index (χ1) is 5.54. The molecular formula is C6H12O6. The van der Waals surface area contributed by atoms with Crippen LogP contribution in [0.2, 0.25) is 0 Å². The first-order valence-corrected chi connectivity index (χ1v) is 3.33. The number of Topliss-reactive ketones (excluding diaryl/α,β-unsaturated/α-hetero) is 1. The van der Waals surface area contributed by atoms with Gasteiger partial charge in [-0.1, -0.05) is 0 Å². The van der Waals surface area contributed by atoms with Crippen LogP contribution in [0.25, 0.3) is 0 Å². The molecule has 0 aromatic carbocycles. The fourth-order valence-corrected chi connectivity index (χ4v) is 0.602. The monoisotopic (exact) mass is 190 g/mol. The molecule has 0 bridgehead atoms.